The first kappa shape index (κ1) is 69.4. The van der Waals surface area contributed by atoms with E-state index in [9.17, 15) is 73.7 Å². The highest BCUT2D eigenvalue weighted by Gasteiger charge is 2.48. The fourth-order valence-electron chi connectivity index (χ4n) is 11.9. The molecule has 0 bridgehead atoms. The molecule has 0 aliphatic carbocycles. The van der Waals surface area contributed by atoms with Crippen molar-refractivity contribution in [2.75, 3.05) is 55.9 Å². The highest BCUT2D eigenvalue weighted by molar-refractivity contribution is 6.01. The van der Waals surface area contributed by atoms with Crippen LogP contribution in [0, 0.1) is 37.1 Å². The second kappa shape index (κ2) is 27.3. The first-order valence-electron chi connectivity index (χ1n) is 29.4. The second-order valence-corrected chi connectivity index (χ2v) is 22.8. The number of carbonyl (C=O) groups is 3. The molecule has 4 atom stereocenters. The predicted octanol–water partition coefficient (Wildman–Crippen LogP) is 9.02. The number of ether oxygens (including phenoxy) is 3. The van der Waals surface area contributed by atoms with E-state index in [1.165, 1.54) is 69.0 Å². The molecule has 5 aromatic carbocycles. The maximum Gasteiger partial charge on any atom is 0.417 e. The number of fused-ring (bicyclic) bond motifs is 2. The number of aliphatic hydroxyl groups excluding tert-OH is 1. The van der Waals surface area contributed by atoms with Crippen molar-refractivity contribution < 1.29 is 95.9 Å². The van der Waals surface area contributed by atoms with Gasteiger partial charge in [0.1, 0.15) is 58.2 Å². The molecule has 18 nitrogen and oxygen atoms in total. The molecule has 10 rings (SSSR count). The fraction of sp³-hybridized carbons (Fsp3) is 0.338. The summed E-state index contributed by atoms with van der Waals surface area (Å²) in [6.45, 7) is -0.685. The third kappa shape index (κ3) is 14.1. The third-order valence-corrected chi connectivity index (χ3v) is 16.9. The van der Waals surface area contributed by atoms with Crippen LogP contribution >= 0.6 is 0 Å². The highest BCUT2D eigenvalue weighted by Crippen LogP contribution is 2.40. The van der Waals surface area contributed by atoms with Crippen LogP contribution in [0.15, 0.2) is 107 Å². The minimum Gasteiger partial charge on any atom is -0.464 e. The second-order valence-electron chi connectivity index (χ2n) is 22.8. The fourth-order valence-corrected chi connectivity index (χ4v) is 11.9. The number of nitrogens with one attached hydrogen (secondary N) is 2. The standard InChI is InChI=1S/C65H57F13N8O10/c1-31-22-42(63(70,71)72)52(59(89)83(31)3)39-13-12-34(55-40(39)10-7-16-79-55)24-48(82-58(88)54-45(68)27-36(28-46(54)69)86-18-21-95-30-51(86)65(76,77)78)62(93)96-19-15-49-32(2)80-56(60(90)84(49)4)41-14-11-33(37-8-5-6-9-38(37)41)23-47(61(91)92)81-57(87)53-43(66)25-35(26-44(53)67)85-17-20-94-29-50(85)64(73,74)75/h5-14,16,22,25-28,47-48,50-51,61,91-92H,15,17-21,23-24,29-30H2,1-4H3,(H,81,87)(H,82,88)/t47-,48-,50+,51+/m0/s1. The molecule has 5 heterocycles. The van der Waals surface area contributed by atoms with E-state index in [0.29, 0.717) is 50.4 Å². The lowest BCUT2D eigenvalue weighted by Gasteiger charge is -2.38. The lowest BCUT2D eigenvalue weighted by molar-refractivity contribution is -0.167. The van der Waals surface area contributed by atoms with E-state index in [1.807, 2.05) is 0 Å². The average molecular weight is 1360 g/mol. The number of esters is 1. The molecule has 2 amide bonds. The number of aryl methyl sites for hydroxylation is 2. The number of nitrogens with zero attached hydrogens (tertiary/aromatic N) is 6. The van der Waals surface area contributed by atoms with Crippen molar-refractivity contribution >= 4 is 50.8 Å². The largest absolute Gasteiger partial charge is 0.464 e. The van der Waals surface area contributed by atoms with Gasteiger partial charge in [0.15, 0.2) is 6.29 Å². The van der Waals surface area contributed by atoms with Gasteiger partial charge < -0.3 is 54.0 Å². The van der Waals surface area contributed by atoms with Crippen LogP contribution in [0.1, 0.15) is 54.5 Å². The zero-order chi connectivity index (χ0) is 69.6. The molecule has 0 radical (unpaired) electrons. The van der Waals surface area contributed by atoms with Gasteiger partial charge in [0.25, 0.3) is 22.9 Å². The molecular weight excluding hydrogens is 1300 g/mol. The van der Waals surface area contributed by atoms with Gasteiger partial charge in [0, 0.05) is 79.9 Å². The summed E-state index contributed by atoms with van der Waals surface area (Å²) in [4.78, 5) is 80.2. The molecular formula is C65H57F13N8O10. The zero-order valence-electron chi connectivity index (χ0n) is 51.0. The van der Waals surface area contributed by atoms with Crippen LogP contribution < -0.4 is 31.6 Å². The lowest BCUT2D eigenvalue weighted by Crippen LogP contribution is -2.53. The van der Waals surface area contributed by atoms with Gasteiger partial charge in [-0.25, -0.2) is 27.3 Å². The van der Waals surface area contributed by atoms with Crippen molar-refractivity contribution in [2.45, 2.75) is 82.1 Å². The number of alkyl halides is 9. The van der Waals surface area contributed by atoms with Crippen molar-refractivity contribution in [2.24, 2.45) is 14.1 Å². The van der Waals surface area contributed by atoms with E-state index >= 15 is 17.6 Å². The summed E-state index contributed by atoms with van der Waals surface area (Å²) in [5.41, 5.74) is -6.85. The van der Waals surface area contributed by atoms with Crippen LogP contribution in [0.4, 0.5) is 68.5 Å². The summed E-state index contributed by atoms with van der Waals surface area (Å²) in [6, 6.07) is 9.16. The van der Waals surface area contributed by atoms with E-state index in [0.717, 1.165) is 16.7 Å². The number of hydrogen-bond donors (Lipinski definition) is 4. The molecule has 8 aromatic rings. The SMILES string of the molecule is Cc1nc(-c2ccc(C[C@H](NC(=O)c3c(F)cc(N4CCOC[C@@H]4C(F)(F)F)cc3F)C(O)O)c3ccccc23)c(=O)n(C)c1CCOC(=O)[C@H](Cc1ccc(-c2c(C(F)(F)F)cc(C)n(C)c2=O)c2cccnc12)NC(=O)c1c(F)cc(N2CCOC[C@@H]2C(F)(F)F)cc1F. The Labute approximate surface area is 535 Å². The molecule has 2 aliphatic heterocycles. The predicted molar refractivity (Wildman–Crippen MR) is 321 cm³/mol. The Hall–Kier alpha value is -9.46. The van der Waals surface area contributed by atoms with Crippen LogP contribution in [0.3, 0.4) is 0 Å². The number of morpholine rings is 2. The van der Waals surface area contributed by atoms with Crippen molar-refractivity contribution in [3.8, 4) is 22.4 Å². The molecule has 0 spiro atoms. The van der Waals surface area contributed by atoms with Crippen LogP contribution in [0.5, 0.6) is 0 Å². The summed E-state index contributed by atoms with van der Waals surface area (Å²) < 4.78 is 208. The number of hydrogen-bond acceptors (Lipinski definition) is 14. The molecule has 508 valence electrons. The molecule has 0 saturated carbocycles. The normalized spacial score (nSPS) is 16.3. The average Bonchev–Trinajstić information content (AvgIpc) is 0.758. The maximum absolute atomic E-state index is 16.0. The Morgan fingerprint density at radius 3 is 1.74 bits per heavy atom. The summed E-state index contributed by atoms with van der Waals surface area (Å²) in [5.74, 6) is -10.7. The van der Waals surface area contributed by atoms with Gasteiger partial charge >= 0.3 is 24.5 Å². The summed E-state index contributed by atoms with van der Waals surface area (Å²) in [6.07, 6.45) is -17.2. The minimum absolute atomic E-state index is 0.0127. The van der Waals surface area contributed by atoms with E-state index in [1.54, 1.807) is 24.3 Å². The quantitative estimate of drug-likeness (QED) is 0.0380. The summed E-state index contributed by atoms with van der Waals surface area (Å²) in [5, 5.41) is 26.0. The molecule has 96 heavy (non-hydrogen) atoms. The van der Waals surface area contributed by atoms with E-state index in [4.69, 9.17) is 14.2 Å². The number of carbonyl (C=O) groups excluding carboxylic acids is 3. The van der Waals surface area contributed by atoms with E-state index < -0.39 is 174 Å². The maximum atomic E-state index is 16.0. The molecule has 4 N–H and O–H groups in total. The van der Waals surface area contributed by atoms with Crippen molar-refractivity contribution in [1.29, 1.82) is 0 Å². The van der Waals surface area contributed by atoms with E-state index in [2.05, 4.69) is 20.6 Å². The van der Waals surface area contributed by atoms with Gasteiger partial charge in [0.05, 0.1) is 61.4 Å². The van der Waals surface area contributed by atoms with Crippen molar-refractivity contribution in [1.82, 2.24) is 29.7 Å². The Balaban J connectivity index is 0.910. The van der Waals surface area contributed by atoms with Gasteiger partial charge in [-0.1, -0.05) is 54.6 Å². The van der Waals surface area contributed by atoms with Crippen molar-refractivity contribution in [3.63, 3.8) is 0 Å². The third-order valence-electron chi connectivity index (χ3n) is 16.9. The highest BCUT2D eigenvalue weighted by atomic mass is 19.4. The molecule has 0 unspecified atom stereocenters. The molecule has 31 heteroatoms. The van der Waals surface area contributed by atoms with Gasteiger partial charge in [-0.2, -0.15) is 39.5 Å². The van der Waals surface area contributed by atoms with Gasteiger partial charge in [-0.05, 0) is 84.1 Å². The van der Waals surface area contributed by atoms with Gasteiger partial charge in [-0.15, -0.1) is 0 Å². The molecule has 2 aliphatic rings. The number of rotatable bonds is 17. The first-order chi connectivity index (χ1) is 45.2. The Morgan fingerprint density at radius 2 is 1.19 bits per heavy atom. The number of amides is 2. The smallest absolute Gasteiger partial charge is 0.417 e. The van der Waals surface area contributed by atoms with Crippen molar-refractivity contribution in [3.05, 3.63) is 186 Å². The Bertz CT molecular complexity index is 4440. The van der Waals surface area contributed by atoms with Gasteiger partial charge in [0.2, 0.25) is 0 Å². The number of anilines is 2. The number of halogens is 13. The topological polar surface area (TPSA) is 220 Å². The number of benzene rings is 5. The lowest BCUT2D eigenvalue weighted by atomic mass is 9.93. The molecule has 2 saturated heterocycles. The van der Waals surface area contributed by atoms with Crippen LogP contribution in [-0.4, -0.2) is 136 Å². The minimum atomic E-state index is -5.02. The summed E-state index contributed by atoms with van der Waals surface area (Å²) >= 11 is 0. The summed E-state index contributed by atoms with van der Waals surface area (Å²) in [7, 11) is 2.64. The number of pyridine rings is 2. The molecule has 2 fully saturated rings. The Kier molecular flexibility index (Phi) is 19.8. The molecule has 3 aromatic heterocycles. The number of aliphatic hydroxyl groups is 2. The van der Waals surface area contributed by atoms with Crippen LogP contribution in [0.25, 0.3) is 44.1 Å². The monoisotopic (exact) mass is 1360 g/mol. The Morgan fingerprint density at radius 1 is 0.656 bits per heavy atom. The first-order valence-corrected chi connectivity index (χ1v) is 29.4. The van der Waals surface area contributed by atoms with Crippen LogP contribution in [0.2, 0.25) is 0 Å². The van der Waals surface area contributed by atoms with Gasteiger partial charge in [-0.3, -0.25) is 24.2 Å². The number of aromatic nitrogens is 4. The van der Waals surface area contributed by atoms with E-state index in [-0.39, 0.29) is 76.5 Å². The van der Waals surface area contributed by atoms with Crippen LogP contribution in [-0.2, 0) is 58.5 Å². The zero-order valence-corrected chi connectivity index (χ0v) is 51.0.